The van der Waals surface area contributed by atoms with Crippen LogP contribution >= 0.6 is 0 Å². The van der Waals surface area contributed by atoms with E-state index in [2.05, 4.69) is 4.72 Å². The number of hydrogen-bond acceptors (Lipinski definition) is 3. The minimum absolute atomic E-state index is 0.401. The molecular formula is C13H20F2N2O2S. The molecule has 0 unspecified atom stereocenters. The van der Waals surface area contributed by atoms with Crippen LogP contribution in [0.15, 0.2) is 17.0 Å². The first-order valence-corrected chi connectivity index (χ1v) is 7.98. The van der Waals surface area contributed by atoms with Gasteiger partial charge < -0.3 is 5.73 Å². The summed E-state index contributed by atoms with van der Waals surface area (Å²) < 4.78 is 53.9. The van der Waals surface area contributed by atoms with E-state index < -0.39 is 37.8 Å². The van der Waals surface area contributed by atoms with Gasteiger partial charge in [-0.3, -0.25) is 0 Å². The van der Waals surface area contributed by atoms with Crippen molar-refractivity contribution in [1.29, 1.82) is 0 Å². The second kappa shape index (κ2) is 6.05. The Morgan fingerprint density at radius 3 is 2.05 bits per heavy atom. The van der Waals surface area contributed by atoms with E-state index in [-0.39, 0.29) is 0 Å². The summed E-state index contributed by atoms with van der Waals surface area (Å²) in [6.45, 7) is 5.56. The fourth-order valence-electron chi connectivity index (χ4n) is 2.06. The largest absolute Gasteiger partial charge is 0.396 e. The Kier molecular flexibility index (Phi) is 5.10. The van der Waals surface area contributed by atoms with Crippen LogP contribution in [-0.2, 0) is 10.0 Å². The number of anilines is 1. The molecule has 1 aromatic carbocycles. The molecule has 4 nitrogen and oxygen atoms in total. The lowest BCUT2D eigenvalue weighted by Gasteiger charge is -2.31. The maximum Gasteiger partial charge on any atom is 0.244 e. The van der Waals surface area contributed by atoms with Gasteiger partial charge in [0.1, 0.15) is 16.5 Å². The molecule has 0 amide bonds. The highest BCUT2D eigenvalue weighted by molar-refractivity contribution is 7.89. The zero-order chi connectivity index (χ0) is 15.6. The van der Waals surface area contributed by atoms with Gasteiger partial charge in [0, 0.05) is 11.6 Å². The van der Waals surface area contributed by atoms with Crippen molar-refractivity contribution in [2.75, 3.05) is 5.73 Å². The smallest absolute Gasteiger partial charge is 0.244 e. The van der Waals surface area contributed by atoms with E-state index in [4.69, 9.17) is 5.73 Å². The third kappa shape index (κ3) is 3.27. The second-order valence-corrected chi connectivity index (χ2v) is 6.40. The number of halogens is 2. The van der Waals surface area contributed by atoms with Crippen LogP contribution < -0.4 is 10.5 Å². The van der Waals surface area contributed by atoms with Gasteiger partial charge >= 0.3 is 0 Å². The van der Waals surface area contributed by atoms with Crippen molar-refractivity contribution in [2.45, 2.75) is 50.5 Å². The molecular weight excluding hydrogens is 286 g/mol. The van der Waals surface area contributed by atoms with Crippen molar-refractivity contribution < 1.29 is 17.2 Å². The van der Waals surface area contributed by atoms with Gasteiger partial charge in [-0.25, -0.2) is 21.9 Å². The molecule has 0 radical (unpaired) electrons. The van der Waals surface area contributed by atoms with Crippen LogP contribution in [0.25, 0.3) is 0 Å². The van der Waals surface area contributed by atoms with Gasteiger partial charge in [0.15, 0.2) is 0 Å². The number of sulfonamides is 1. The average molecular weight is 306 g/mol. The van der Waals surface area contributed by atoms with Crippen molar-refractivity contribution >= 4 is 15.7 Å². The molecule has 20 heavy (non-hydrogen) atoms. The number of benzene rings is 1. The summed E-state index contributed by atoms with van der Waals surface area (Å²) in [5.74, 6) is -2.13. The predicted molar refractivity (Wildman–Crippen MR) is 74.7 cm³/mol. The maximum absolute atomic E-state index is 13.7. The molecule has 0 saturated carbocycles. The molecule has 0 bridgehead atoms. The molecule has 1 rings (SSSR count). The van der Waals surface area contributed by atoms with E-state index in [9.17, 15) is 17.2 Å². The monoisotopic (exact) mass is 306 g/mol. The molecule has 0 spiro atoms. The van der Waals surface area contributed by atoms with Crippen molar-refractivity contribution in [1.82, 2.24) is 4.72 Å². The summed E-state index contributed by atoms with van der Waals surface area (Å²) in [5.41, 5.74) is 4.27. The Morgan fingerprint density at radius 1 is 1.10 bits per heavy atom. The Morgan fingerprint density at radius 2 is 1.60 bits per heavy atom. The second-order valence-electron chi connectivity index (χ2n) is 4.75. The van der Waals surface area contributed by atoms with Crippen molar-refractivity contribution in [3.05, 3.63) is 23.8 Å². The summed E-state index contributed by atoms with van der Waals surface area (Å²) in [5, 5.41) is 0. The van der Waals surface area contributed by atoms with Crippen molar-refractivity contribution in [3.63, 3.8) is 0 Å². The van der Waals surface area contributed by atoms with Gasteiger partial charge in [0.2, 0.25) is 10.0 Å². The number of rotatable bonds is 6. The fourth-order valence-corrected chi connectivity index (χ4v) is 3.77. The number of nitrogens with one attached hydrogen (secondary N) is 1. The van der Waals surface area contributed by atoms with Crippen LogP contribution in [-0.4, -0.2) is 14.0 Å². The molecule has 0 atom stereocenters. The highest BCUT2D eigenvalue weighted by atomic mass is 32.2. The first kappa shape index (κ1) is 16.8. The van der Waals surface area contributed by atoms with Crippen molar-refractivity contribution in [2.24, 2.45) is 0 Å². The van der Waals surface area contributed by atoms with E-state index in [1.54, 1.807) is 0 Å². The van der Waals surface area contributed by atoms with E-state index >= 15 is 0 Å². The lowest BCUT2D eigenvalue weighted by molar-refractivity contribution is 0.341. The minimum atomic E-state index is -4.10. The van der Waals surface area contributed by atoms with Crippen molar-refractivity contribution in [3.8, 4) is 0 Å². The predicted octanol–water partition coefficient (Wildman–Crippen LogP) is 2.79. The van der Waals surface area contributed by atoms with Gasteiger partial charge in [-0.15, -0.1) is 0 Å². The van der Waals surface area contributed by atoms with E-state index in [1.165, 1.54) is 0 Å². The standard InChI is InChI=1S/C13H20F2N2O2S/c1-4-13(5-2,6-3)17-20(18,19)12-8-11(16)9(14)7-10(12)15/h7-8,17H,4-6,16H2,1-3H3. The highest BCUT2D eigenvalue weighted by Crippen LogP contribution is 2.26. The lowest BCUT2D eigenvalue weighted by Crippen LogP contribution is -2.47. The summed E-state index contributed by atoms with van der Waals surface area (Å²) in [6, 6.07) is 1.29. The van der Waals surface area contributed by atoms with Gasteiger partial charge in [0.25, 0.3) is 0 Å². The molecule has 0 aliphatic heterocycles. The Labute approximate surface area is 118 Å². The quantitative estimate of drug-likeness (QED) is 0.794. The van der Waals surface area contributed by atoms with Crippen LogP contribution in [0.5, 0.6) is 0 Å². The zero-order valence-corrected chi connectivity index (χ0v) is 12.7. The molecule has 0 aliphatic rings. The Bertz CT molecular complexity index is 576. The summed E-state index contributed by atoms with van der Waals surface area (Å²) in [6.07, 6.45) is 1.70. The number of hydrogen-bond donors (Lipinski definition) is 2. The van der Waals surface area contributed by atoms with Crippen LogP contribution in [0.2, 0.25) is 0 Å². The minimum Gasteiger partial charge on any atom is -0.396 e. The fraction of sp³-hybridized carbons (Fsp3) is 0.538. The van der Waals surface area contributed by atoms with E-state index in [0.717, 1.165) is 6.07 Å². The van der Waals surface area contributed by atoms with Crippen LogP contribution in [0, 0.1) is 11.6 Å². The highest BCUT2D eigenvalue weighted by Gasteiger charge is 2.32. The normalized spacial score (nSPS) is 12.7. The van der Waals surface area contributed by atoms with Gasteiger partial charge in [0.05, 0.1) is 5.69 Å². The maximum atomic E-state index is 13.7. The van der Waals surface area contributed by atoms with E-state index in [0.29, 0.717) is 25.3 Å². The van der Waals surface area contributed by atoms with Gasteiger partial charge in [-0.2, -0.15) is 0 Å². The van der Waals surface area contributed by atoms with Crippen LogP contribution in [0.3, 0.4) is 0 Å². The molecule has 0 fully saturated rings. The summed E-state index contributed by atoms with van der Waals surface area (Å²) >= 11 is 0. The van der Waals surface area contributed by atoms with Gasteiger partial charge in [-0.05, 0) is 25.3 Å². The first-order valence-electron chi connectivity index (χ1n) is 6.49. The average Bonchev–Trinajstić information content (AvgIpc) is 2.40. The molecule has 3 N–H and O–H groups in total. The Hall–Kier alpha value is -1.21. The molecule has 0 aliphatic carbocycles. The zero-order valence-electron chi connectivity index (χ0n) is 11.8. The lowest BCUT2D eigenvalue weighted by atomic mass is 9.91. The number of nitrogens with two attached hydrogens (primary N) is 1. The molecule has 1 aromatic rings. The topological polar surface area (TPSA) is 72.2 Å². The van der Waals surface area contributed by atoms with Crippen LogP contribution in [0.1, 0.15) is 40.0 Å². The molecule has 7 heteroatoms. The summed E-state index contributed by atoms with van der Waals surface area (Å²) in [7, 11) is -4.10. The Balaban J connectivity index is 3.28. The van der Waals surface area contributed by atoms with E-state index in [1.807, 2.05) is 20.8 Å². The third-order valence-corrected chi connectivity index (χ3v) is 5.32. The molecule has 0 heterocycles. The first-order chi connectivity index (χ1) is 9.21. The SMILES string of the molecule is CCC(CC)(CC)NS(=O)(=O)c1cc(N)c(F)cc1F. The summed E-state index contributed by atoms with van der Waals surface area (Å²) in [4.78, 5) is -0.629. The third-order valence-electron chi connectivity index (χ3n) is 3.72. The number of nitrogen functional groups attached to an aromatic ring is 1. The van der Waals surface area contributed by atoms with Gasteiger partial charge in [-0.1, -0.05) is 20.8 Å². The molecule has 114 valence electrons. The molecule has 0 saturated heterocycles. The van der Waals surface area contributed by atoms with Crippen LogP contribution in [0.4, 0.5) is 14.5 Å². The molecule has 0 aromatic heterocycles.